The van der Waals surface area contributed by atoms with E-state index in [1.165, 1.54) is 11.3 Å². The summed E-state index contributed by atoms with van der Waals surface area (Å²) in [6.45, 7) is 5.12. The molecule has 0 aromatic heterocycles. The molecule has 3 nitrogen and oxygen atoms in total. The number of hydrogen-bond donors (Lipinski definition) is 1. The Morgan fingerprint density at radius 1 is 1.47 bits per heavy atom. The van der Waals surface area contributed by atoms with Gasteiger partial charge in [0.1, 0.15) is 0 Å². The molecule has 1 heterocycles. The zero-order valence-electron chi connectivity index (χ0n) is 10.9. The number of benzene rings is 1. The number of fused-ring (bicyclic) bond motifs is 1. The third-order valence-corrected chi connectivity index (χ3v) is 3.61. The SMILES string of the molecule is COCC(C)N(C)CC1CNc2ccccc21. The van der Waals surface area contributed by atoms with Crippen molar-refractivity contribution >= 4 is 5.69 Å². The molecule has 3 heteroatoms. The van der Waals surface area contributed by atoms with E-state index in [2.05, 4.69) is 48.5 Å². The van der Waals surface area contributed by atoms with Crippen LogP contribution in [0.15, 0.2) is 24.3 Å². The van der Waals surface area contributed by atoms with Crippen LogP contribution in [0.25, 0.3) is 0 Å². The molecule has 17 heavy (non-hydrogen) atoms. The maximum absolute atomic E-state index is 5.20. The Balaban J connectivity index is 1.97. The van der Waals surface area contributed by atoms with Crippen LogP contribution in [0, 0.1) is 0 Å². The smallest absolute Gasteiger partial charge is 0.0615 e. The quantitative estimate of drug-likeness (QED) is 0.845. The number of anilines is 1. The second-order valence-corrected chi connectivity index (χ2v) is 4.91. The van der Waals surface area contributed by atoms with Crippen LogP contribution >= 0.6 is 0 Å². The van der Waals surface area contributed by atoms with Gasteiger partial charge in [-0.25, -0.2) is 0 Å². The van der Waals surface area contributed by atoms with Crippen LogP contribution < -0.4 is 5.32 Å². The molecule has 0 spiro atoms. The van der Waals surface area contributed by atoms with Crippen LogP contribution in [0.1, 0.15) is 18.4 Å². The minimum absolute atomic E-state index is 0.466. The summed E-state index contributed by atoms with van der Waals surface area (Å²) in [5.74, 6) is 0.593. The van der Waals surface area contributed by atoms with E-state index in [4.69, 9.17) is 4.74 Å². The number of nitrogens with one attached hydrogen (secondary N) is 1. The molecule has 0 radical (unpaired) electrons. The van der Waals surface area contributed by atoms with Crippen LogP contribution in [-0.2, 0) is 4.74 Å². The van der Waals surface area contributed by atoms with E-state index in [1.54, 1.807) is 7.11 Å². The number of ether oxygens (including phenoxy) is 1. The highest BCUT2D eigenvalue weighted by Gasteiger charge is 2.23. The van der Waals surface area contributed by atoms with Crippen LogP contribution in [0.3, 0.4) is 0 Å². The average molecular weight is 234 g/mol. The molecule has 0 bridgehead atoms. The Labute approximate surface area is 104 Å². The molecule has 1 aromatic rings. The zero-order valence-corrected chi connectivity index (χ0v) is 10.9. The predicted molar refractivity (Wildman–Crippen MR) is 71.6 cm³/mol. The topological polar surface area (TPSA) is 24.5 Å². The Morgan fingerprint density at radius 2 is 2.24 bits per heavy atom. The largest absolute Gasteiger partial charge is 0.384 e. The van der Waals surface area contributed by atoms with Crippen LogP contribution in [0.2, 0.25) is 0 Å². The van der Waals surface area contributed by atoms with Gasteiger partial charge in [0, 0.05) is 37.8 Å². The summed E-state index contributed by atoms with van der Waals surface area (Å²) < 4.78 is 5.20. The van der Waals surface area contributed by atoms with E-state index in [0.29, 0.717) is 12.0 Å². The maximum Gasteiger partial charge on any atom is 0.0615 e. The number of methoxy groups -OCH3 is 1. The van der Waals surface area contributed by atoms with Crippen molar-refractivity contribution in [2.75, 3.05) is 39.2 Å². The highest BCUT2D eigenvalue weighted by Crippen LogP contribution is 2.31. The van der Waals surface area contributed by atoms with Gasteiger partial charge >= 0.3 is 0 Å². The van der Waals surface area contributed by atoms with E-state index in [0.717, 1.165) is 19.7 Å². The first kappa shape index (κ1) is 12.4. The van der Waals surface area contributed by atoms with Gasteiger partial charge in [0.15, 0.2) is 0 Å². The lowest BCUT2D eigenvalue weighted by Gasteiger charge is -2.26. The van der Waals surface area contributed by atoms with Crippen LogP contribution in [-0.4, -0.2) is 44.8 Å². The van der Waals surface area contributed by atoms with Gasteiger partial charge in [-0.2, -0.15) is 0 Å². The molecule has 0 aliphatic carbocycles. The zero-order chi connectivity index (χ0) is 12.3. The van der Waals surface area contributed by atoms with Gasteiger partial charge < -0.3 is 15.0 Å². The fraction of sp³-hybridized carbons (Fsp3) is 0.571. The molecular weight excluding hydrogens is 212 g/mol. The van der Waals surface area contributed by atoms with Crippen molar-refractivity contribution in [3.8, 4) is 0 Å². The van der Waals surface area contributed by atoms with Crippen LogP contribution in [0.4, 0.5) is 5.69 Å². The summed E-state index contributed by atoms with van der Waals surface area (Å²) in [7, 11) is 3.93. The minimum Gasteiger partial charge on any atom is -0.384 e. The second-order valence-electron chi connectivity index (χ2n) is 4.91. The first-order chi connectivity index (χ1) is 8.22. The van der Waals surface area contributed by atoms with Gasteiger partial charge in [0.2, 0.25) is 0 Å². The van der Waals surface area contributed by atoms with E-state index in [-0.39, 0.29) is 0 Å². The third kappa shape index (κ3) is 2.79. The minimum atomic E-state index is 0.466. The van der Waals surface area contributed by atoms with Crippen molar-refractivity contribution < 1.29 is 4.74 Å². The summed E-state index contributed by atoms with van der Waals surface area (Å²) in [5.41, 5.74) is 2.74. The number of para-hydroxylation sites is 1. The molecule has 2 rings (SSSR count). The summed E-state index contributed by atoms with van der Waals surface area (Å²) in [6, 6.07) is 9.07. The van der Waals surface area contributed by atoms with Crippen molar-refractivity contribution in [1.82, 2.24) is 4.90 Å². The van der Waals surface area contributed by atoms with Gasteiger partial charge in [0.05, 0.1) is 6.61 Å². The van der Waals surface area contributed by atoms with Gasteiger partial charge in [-0.1, -0.05) is 18.2 Å². The standard InChI is InChI=1S/C14H22N2O/c1-11(10-17-3)16(2)9-12-8-15-14-7-5-4-6-13(12)14/h4-7,11-12,15H,8-10H2,1-3H3. The molecule has 0 saturated carbocycles. The van der Waals surface area contributed by atoms with E-state index < -0.39 is 0 Å². The van der Waals surface area contributed by atoms with Crippen molar-refractivity contribution in [1.29, 1.82) is 0 Å². The molecule has 0 saturated heterocycles. The van der Waals surface area contributed by atoms with Gasteiger partial charge in [-0.15, -0.1) is 0 Å². The van der Waals surface area contributed by atoms with Crippen molar-refractivity contribution in [2.45, 2.75) is 18.9 Å². The Kier molecular flexibility index (Phi) is 4.02. The number of rotatable bonds is 5. The van der Waals surface area contributed by atoms with Crippen molar-refractivity contribution in [3.05, 3.63) is 29.8 Å². The molecule has 1 aliphatic heterocycles. The first-order valence-corrected chi connectivity index (χ1v) is 6.24. The average Bonchev–Trinajstić information content (AvgIpc) is 2.73. The third-order valence-electron chi connectivity index (χ3n) is 3.61. The van der Waals surface area contributed by atoms with E-state index >= 15 is 0 Å². The summed E-state index contributed by atoms with van der Waals surface area (Å²) >= 11 is 0. The Bertz CT molecular complexity index is 367. The lowest BCUT2D eigenvalue weighted by molar-refractivity contribution is 0.113. The molecule has 1 aliphatic rings. The molecule has 2 atom stereocenters. The lowest BCUT2D eigenvalue weighted by atomic mass is 10.0. The van der Waals surface area contributed by atoms with Crippen LogP contribution in [0.5, 0.6) is 0 Å². The van der Waals surface area contributed by atoms with E-state index in [9.17, 15) is 0 Å². The number of likely N-dealkylation sites (N-methyl/N-ethyl adjacent to an activating group) is 1. The fourth-order valence-electron chi connectivity index (χ4n) is 2.42. The lowest BCUT2D eigenvalue weighted by Crippen LogP contribution is -2.36. The van der Waals surface area contributed by atoms with Gasteiger partial charge in [-0.05, 0) is 25.6 Å². The van der Waals surface area contributed by atoms with E-state index in [1.807, 2.05) is 0 Å². The molecule has 0 fully saturated rings. The summed E-state index contributed by atoms with van der Waals surface area (Å²) in [5, 5.41) is 3.47. The fourth-order valence-corrected chi connectivity index (χ4v) is 2.42. The normalized spacial score (nSPS) is 20.1. The molecule has 1 N–H and O–H groups in total. The maximum atomic E-state index is 5.20. The number of nitrogens with zero attached hydrogens (tertiary/aromatic N) is 1. The summed E-state index contributed by atoms with van der Waals surface area (Å²) in [4.78, 5) is 2.37. The molecule has 1 aromatic carbocycles. The molecule has 0 amide bonds. The van der Waals surface area contributed by atoms with Gasteiger partial charge in [0.25, 0.3) is 0 Å². The van der Waals surface area contributed by atoms with Gasteiger partial charge in [-0.3, -0.25) is 0 Å². The molecule has 2 unspecified atom stereocenters. The highest BCUT2D eigenvalue weighted by molar-refractivity contribution is 5.57. The van der Waals surface area contributed by atoms with Crippen molar-refractivity contribution in [3.63, 3.8) is 0 Å². The first-order valence-electron chi connectivity index (χ1n) is 6.24. The molecule has 94 valence electrons. The molecular formula is C14H22N2O. The highest BCUT2D eigenvalue weighted by atomic mass is 16.5. The van der Waals surface area contributed by atoms with Crippen molar-refractivity contribution in [2.24, 2.45) is 0 Å². The summed E-state index contributed by atoms with van der Waals surface area (Å²) in [6.07, 6.45) is 0. The Morgan fingerprint density at radius 3 is 3.00 bits per heavy atom. The Hall–Kier alpha value is -1.06. The monoisotopic (exact) mass is 234 g/mol. The second kappa shape index (κ2) is 5.52. The predicted octanol–water partition coefficient (Wildman–Crippen LogP) is 2.16. The number of hydrogen-bond acceptors (Lipinski definition) is 3.